The number of ketones is 1. The zero-order valence-corrected chi connectivity index (χ0v) is 8.66. The van der Waals surface area contributed by atoms with Crippen molar-refractivity contribution in [1.29, 1.82) is 0 Å². The Morgan fingerprint density at radius 1 is 1.57 bits per heavy atom. The van der Waals surface area contributed by atoms with Gasteiger partial charge in [0.25, 0.3) is 0 Å². The van der Waals surface area contributed by atoms with E-state index in [4.69, 9.17) is 5.11 Å². The molecule has 80 valence electrons. The predicted molar refractivity (Wildman–Crippen MR) is 53.0 cm³/mol. The molecule has 1 aliphatic carbocycles. The molecular formula is C11H18O3. The van der Waals surface area contributed by atoms with Crippen molar-refractivity contribution in [2.24, 2.45) is 11.8 Å². The van der Waals surface area contributed by atoms with Gasteiger partial charge < -0.3 is 5.11 Å². The van der Waals surface area contributed by atoms with Crippen molar-refractivity contribution in [3.63, 3.8) is 0 Å². The molecule has 0 aliphatic heterocycles. The van der Waals surface area contributed by atoms with Gasteiger partial charge in [-0.2, -0.15) is 0 Å². The zero-order chi connectivity index (χ0) is 10.6. The summed E-state index contributed by atoms with van der Waals surface area (Å²) < 4.78 is 0. The summed E-state index contributed by atoms with van der Waals surface area (Å²) in [5.74, 6) is -0.353. The smallest absolute Gasteiger partial charge is 0.303 e. The first-order valence-corrected chi connectivity index (χ1v) is 5.39. The maximum Gasteiger partial charge on any atom is 0.303 e. The summed E-state index contributed by atoms with van der Waals surface area (Å²) in [5.41, 5.74) is 0. The van der Waals surface area contributed by atoms with Gasteiger partial charge in [0.15, 0.2) is 0 Å². The van der Waals surface area contributed by atoms with Crippen LogP contribution in [0, 0.1) is 11.8 Å². The highest BCUT2D eigenvalue weighted by Gasteiger charge is 2.34. The lowest BCUT2D eigenvalue weighted by atomic mass is 9.88. The third-order valence-electron chi connectivity index (χ3n) is 3.05. The number of carbonyl (C=O) groups excluding carboxylic acids is 1. The largest absolute Gasteiger partial charge is 0.481 e. The summed E-state index contributed by atoms with van der Waals surface area (Å²) in [6.45, 7) is 2.09. The number of Topliss-reactive ketones (excluding diaryl/α,β-unsaturated/α-hetero) is 1. The Labute approximate surface area is 84.5 Å². The topological polar surface area (TPSA) is 54.4 Å². The van der Waals surface area contributed by atoms with Crippen LogP contribution >= 0.6 is 0 Å². The van der Waals surface area contributed by atoms with E-state index in [9.17, 15) is 9.59 Å². The molecule has 2 unspecified atom stereocenters. The van der Waals surface area contributed by atoms with Crippen LogP contribution in [0.3, 0.4) is 0 Å². The normalized spacial score (nSPS) is 26.8. The van der Waals surface area contributed by atoms with Crippen LogP contribution in [0.2, 0.25) is 0 Å². The summed E-state index contributed by atoms with van der Waals surface area (Å²) in [6, 6.07) is 0. The minimum Gasteiger partial charge on any atom is -0.481 e. The Balaban J connectivity index is 2.48. The molecule has 1 fully saturated rings. The first kappa shape index (κ1) is 11.2. The average molecular weight is 198 g/mol. The van der Waals surface area contributed by atoms with Crippen LogP contribution in [0.25, 0.3) is 0 Å². The Kier molecular flexibility index (Phi) is 4.11. The predicted octanol–water partition coefficient (Wildman–Crippen LogP) is 2.25. The van der Waals surface area contributed by atoms with Gasteiger partial charge in [-0.05, 0) is 18.8 Å². The first-order valence-electron chi connectivity index (χ1n) is 5.39. The molecule has 1 rings (SSSR count). The van der Waals surface area contributed by atoms with Gasteiger partial charge in [-0.1, -0.05) is 19.8 Å². The highest BCUT2D eigenvalue weighted by atomic mass is 16.4. The van der Waals surface area contributed by atoms with Crippen LogP contribution in [0.4, 0.5) is 0 Å². The first-order chi connectivity index (χ1) is 6.65. The molecule has 1 saturated carbocycles. The Morgan fingerprint density at radius 3 is 2.86 bits per heavy atom. The molecule has 0 heterocycles. The van der Waals surface area contributed by atoms with Crippen molar-refractivity contribution in [3.05, 3.63) is 0 Å². The third kappa shape index (κ3) is 2.82. The zero-order valence-electron chi connectivity index (χ0n) is 8.66. The molecule has 0 amide bonds. The fraction of sp³-hybridized carbons (Fsp3) is 0.818. The SMILES string of the molecule is CCCCC1C(=O)CCC1CC(=O)O. The van der Waals surface area contributed by atoms with Crippen LogP contribution in [0.5, 0.6) is 0 Å². The number of hydrogen-bond donors (Lipinski definition) is 1. The Bertz CT molecular complexity index is 223. The number of carboxylic acid groups (broad SMARTS) is 1. The standard InChI is InChI=1S/C11H18O3/c1-2-3-4-9-8(7-11(13)14)5-6-10(9)12/h8-9H,2-7H2,1H3,(H,13,14). The van der Waals surface area contributed by atoms with Crippen LogP contribution in [0.15, 0.2) is 0 Å². The number of carbonyl (C=O) groups is 2. The molecular weight excluding hydrogens is 180 g/mol. The minimum absolute atomic E-state index is 0.0334. The molecule has 1 aliphatic rings. The van der Waals surface area contributed by atoms with Gasteiger partial charge in [0, 0.05) is 18.8 Å². The van der Waals surface area contributed by atoms with Gasteiger partial charge in [-0.3, -0.25) is 9.59 Å². The van der Waals surface area contributed by atoms with E-state index in [0.717, 1.165) is 25.7 Å². The number of hydrogen-bond acceptors (Lipinski definition) is 2. The van der Waals surface area contributed by atoms with Crippen molar-refractivity contribution in [3.8, 4) is 0 Å². The molecule has 1 N–H and O–H groups in total. The minimum atomic E-state index is -0.772. The molecule has 3 heteroatoms. The second-order valence-corrected chi connectivity index (χ2v) is 4.11. The lowest BCUT2D eigenvalue weighted by Crippen LogP contribution is -2.17. The fourth-order valence-corrected chi connectivity index (χ4v) is 2.27. The van der Waals surface area contributed by atoms with Gasteiger partial charge in [0.05, 0.1) is 0 Å². The third-order valence-corrected chi connectivity index (χ3v) is 3.05. The molecule has 0 aromatic rings. The maximum absolute atomic E-state index is 11.5. The van der Waals surface area contributed by atoms with Crippen molar-refractivity contribution >= 4 is 11.8 Å². The average Bonchev–Trinajstić information content (AvgIpc) is 2.44. The van der Waals surface area contributed by atoms with Crippen LogP contribution in [0.1, 0.15) is 45.4 Å². The van der Waals surface area contributed by atoms with Gasteiger partial charge >= 0.3 is 5.97 Å². The second-order valence-electron chi connectivity index (χ2n) is 4.11. The quantitative estimate of drug-likeness (QED) is 0.737. The Morgan fingerprint density at radius 2 is 2.29 bits per heavy atom. The molecule has 0 saturated heterocycles. The van der Waals surface area contributed by atoms with E-state index in [1.54, 1.807) is 0 Å². The van der Waals surface area contributed by atoms with E-state index >= 15 is 0 Å². The molecule has 2 atom stereocenters. The molecule has 0 aromatic carbocycles. The number of carboxylic acids is 1. The van der Waals surface area contributed by atoms with E-state index in [-0.39, 0.29) is 24.0 Å². The van der Waals surface area contributed by atoms with E-state index in [0.29, 0.717) is 6.42 Å². The van der Waals surface area contributed by atoms with E-state index in [1.807, 2.05) is 0 Å². The van der Waals surface area contributed by atoms with Crippen molar-refractivity contribution in [2.75, 3.05) is 0 Å². The fourth-order valence-electron chi connectivity index (χ4n) is 2.27. The number of aliphatic carboxylic acids is 1. The van der Waals surface area contributed by atoms with Crippen molar-refractivity contribution in [1.82, 2.24) is 0 Å². The summed E-state index contributed by atoms with van der Waals surface area (Å²) >= 11 is 0. The van der Waals surface area contributed by atoms with Crippen molar-refractivity contribution < 1.29 is 14.7 Å². The monoisotopic (exact) mass is 198 g/mol. The van der Waals surface area contributed by atoms with Crippen molar-refractivity contribution in [2.45, 2.75) is 45.4 Å². The van der Waals surface area contributed by atoms with Crippen LogP contribution in [-0.2, 0) is 9.59 Å². The summed E-state index contributed by atoms with van der Waals surface area (Å²) in [7, 11) is 0. The second kappa shape index (κ2) is 5.13. The summed E-state index contributed by atoms with van der Waals surface area (Å²) in [6.07, 6.45) is 4.52. The summed E-state index contributed by atoms with van der Waals surface area (Å²) in [4.78, 5) is 22.0. The molecule has 14 heavy (non-hydrogen) atoms. The molecule has 0 radical (unpaired) electrons. The molecule has 0 aromatic heterocycles. The van der Waals surface area contributed by atoms with Gasteiger partial charge in [-0.15, -0.1) is 0 Å². The molecule has 0 bridgehead atoms. The number of rotatable bonds is 5. The van der Waals surface area contributed by atoms with Crippen LogP contribution < -0.4 is 0 Å². The lowest BCUT2D eigenvalue weighted by Gasteiger charge is -2.15. The van der Waals surface area contributed by atoms with E-state index in [1.165, 1.54) is 0 Å². The summed E-state index contributed by atoms with van der Waals surface area (Å²) in [5, 5.41) is 8.69. The van der Waals surface area contributed by atoms with Gasteiger partial charge in [0.1, 0.15) is 5.78 Å². The van der Waals surface area contributed by atoms with Gasteiger partial charge in [-0.25, -0.2) is 0 Å². The number of unbranched alkanes of at least 4 members (excludes halogenated alkanes) is 1. The van der Waals surface area contributed by atoms with E-state index < -0.39 is 5.97 Å². The molecule has 3 nitrogen and oxygen atoms in total. The maximum atomic E-state index is 11.5. The Hall–Kier alpha value is -0.860. The van der Waals surface area contributed by atoms with Gasteiger partial charge in [0.2, 0.25) is 0 Å². The highest BCUT2D eigenvalue weighted by molar-refractivity contribution is 5.84. The lowest BCUT2D eigenvalue weighted by molar-refractivity contribution is -0.138. The van der Waals surface area contributed by atoms with E-state index in [2.05, 4.69) is 6.92 Å². The van der Waals surface area contributed by atoms with Crippen LogP contribution in [-0.4, -0.2) is 16.9 Å². The molecule has 0 spiro atoms. The highest BCUT2D eigenvalue weighted by Crippen LogP contribution is 2.34.